The highest BCUT2D eigenvalue weighted by atomic mass is 32.1. The van der Waals surface area contributed by atoms with Crippen LogP contribution < -0.4 is 0 Å². The molecule has 0 atom stereocenters. The van der Waals surface area contributed by atoms with Crippen molar-refractivity contribution in [3.63, 3.8) is 0 Å². The molecule has 0 radical (unpaired) electrons. The van der Waals surface area contributed by atoms with E-state index in [4.69, 9.17) is 0 Å². The first-order valence-electron chi connectivity index (χ1n) is 4.37. The zero-order valence-electron chi connectivity index (χ0n) is 8.04. The molecule has 0 amide bonds. The summed E-state index contributed by atoms with van der Waals surface area (Å²) >= 11 is 1.68. The molecule has 1 nitrogen and oxygen atoms in total. The van der Waals surface area contributed by atoms with Crippen molar-refractivity contribution in [2.45, 2.75) is 26.7 Å². The van der Waals surface area contributed by atoms with Gasteiger partial charge in [0.05, 0.1) is 0 Å². The Balaban J connectivity index is 2.35. The van der Waals surface area contributed by atoms with Crippen molar-refractivity contribution in [2.24, 2.45) is 0 Å². The molecule has 0 aliphatic rings. The molecule has 0 saturated heterocycles. The van der Waals surface area contributed by atoms with Crippen LogP contribution in [-0.4, -0.2) is 5.78 Å². The number of allylic oxidation sites excluding steroid dienone is 2. The third-order valence-electron chi connectivity index (χ3n) is 1.69. The van der Waals surface area contributed by atoms with E-state index in [1.165, 1.54) is 5.56 Å². The van der Waals surface area contributed by atoms with Crippen molar-refractivity contribution in [2.75, 3.05) is 0 Å². The predicted octanol–water partition coefficient (Wildman–Crippen LogP) is 3.22. The molecule has 0 spiro atoms. The monoisotopic (exact) mass is 194 g/mol. The van der Waals surface area contributed by atoms with Crippen LogP contribution in [-0.2, 0) is 11.2 Å². The van der Waals surface area contributed by atoms with Crippen molar-refractivity contribution < 1.29 is 4.79 Å². The summed E-state index contributed by atoms with van der Waals surface area (Å²) < 4.78 is 0. The van der Waals surface area contributed by atoms with Gasteiger partial charge in [-0.3, -0.25) is 4.79 Å². The van der Waals surface area contributed by atoms with Crippen LogP contribution in [0.2, 0.25) is 0 Å². The lowest BCUT2D eigenvalue weighted by molar-refractivity contribution is -0.114. The number of carbonyl (C=O) groups is 1. The lowest BCUT2D eigenvalue weighted by atomic mass is 10.1. The van der Waals surface area contributed by atoms with E-state index < -0.39 is 0 Å². The second-order valence-corrected chi connectivity index (χ2v) is 4.10. The van der Waals surface area contributed by atoms with Gasteiger partial charge in [0.1, 0.15) is 0 Å². The van der Waals surface area contributed by atoms with Crippen molar-refractivity contribution in [3.05, 3.63) is 34.0 Å². The fraction of sp³-hybridized carbons (Fsp3) is 0.364. The average Bonchev–Trinajstić information content (AvgIpc) is 2.51. The minimum Gasteiger partial charge on any atom is -0.295 e. The third-order valence-corrected chi connectivity index (χ3v) is 2.42. The Morgan fingerprint density at radius 2 is 2.31 bits per heavy atom. The molecule has 2 heteroatoms. The molecular weight excluding hydrogens is 180 g/mol. The molecule has 0 unspecified atom stereocenters. The van der Waals surface area contributed by atoms with Gasteiger partial charge in [-0.05, 0) is 48.7 Å². The van der Waals surface area contributed by atoms with Crippen molar-refractivity contribution in [3.8, 4) is 0 Å². The number of aryl methyl sites for hydroxylation is 1. The van der Waals surface area contributed by atoms with Crippen molar-refractivity contribution >= 4 is 17.1 Å². The summed E-state index contributed by atoms with van der Waals surface area (Å²) in [6, 6.07) is 2.07. The number of thiophene rings is 1. The van der Waals surface area contributed by atoms with Crippen LogP contribution in [0.4, 0.5) is 0 Å². The summed E-state index contributed by atoms with van der Waals surface area (Å²) in [5.74, 6) is 0.228. The standard InChI is InChI=1S/C11H14OS/c1-9(2)7-11(12)4-3-10-5-6-13-8-10/h5-8H,3-4H2,1-2H3. The van der Waals surface area contributed by atoms with Crippen LogP contribution >= 0.6 is 11.3 Å². The number of rotatable bonds is 4. The fourth-order valence-corrected chi connectivity index (χ4v) is 1.80. The quantitative estimate of drug-likeness (QED) is 0.673. The van der Waals surface area contributed by atoms with Gasteiger partial charge in [-0.1, -0.05) is 5.57 Å². The third kappa shape index (κ3) is 4.04. The fourth-order valence-electron chi connectivity index (χ4n) is 1.10. The molecule has 1 heterocycles. The van der Waals surface area contributed by atoms with Gasteiger partial charge in [-0.2, -0.15) is 11.3 Å². The summed E-state index contributed by atoms with van der Waals surface area (Å²) in [6.45, 7) is 3.89. The van der Waals surface area contributed by atoms with Gasteiger partial charge in [-0.15, -0.1) is 0 Å². The molecule has 13 heavy (non-hydrogen) atoms. The van der Waals surface area contributed by atoms with Gasteiger partial charge < -0.3 is 0 Å². The molecule has 70 valence electrons. The van der Waals surface area contributed by atoms with Crippen LogP contribution in [0.1, 0.15) is 25.8 Å². The Morgan fingerprint density at radius 3 is 2.85 bits per heavy atom. The van der Waals surface area contributed by atoms with Crippen molar-refractivity contribution in [1.29, 1.82) is 0 Å². The average molecular weight is 194 g/mol. The lowest BCUT2D eigenvalue weighted by Crippen LogP contribution is -1.95. The van der Waals surface area contributed by atoms with Gasteiger partial charge >= 0.3 is 0 Å². The summed E-state index contributed by atoms with van der Waals surface area (Å²) in [7, 11) is 0. The first-order valence-corrected chi connectivity index (χ1v) is 5.31. The van der Waals surface area contributed by atoms with Gasteiger partial charge in [0, 0.05) is 6.42 Å². The van der Waals surface area contributed by atoms with Gasteiger partial charge in [0.25, 0.3) is 0 Å². The zero-order chi connectivity index (χ0) is 9.68. The lowest BCUT2D eigenvalue weighted by Gasteiger charge is -1.94. The maximum Gasteiger partial charge on any atom is 0.155 e. The van der Waals surface area contributed by atoms with Crippen LogP contribution in [0.5, 0.6) is 0 Å². The Morgan fingerprint density at radius 1 is 1.54 bits per heavy atom. The van der Waals surface area contributed by atoms with Crippen molar-refractivity contribution in [1.82, 2.24) is 0 Å². The molecule has 0 N–H and O–H groups in total. The maximum atomic E-state index is 11.3. The Kier molecular flexibility index (Phi) is 3.90. The van der Waals surface area contributed by atoms with E-state index in [1.807, 2.05) is 19.2 Å². The molecule has 0 saturated carbocycles. The molecule has 1 aromatic heterocycles. The molecule has 0 bridgehead atoms. The highest BCUT2D eigenvalue weighted by molar-refractivity contribution is 7.07. The van der Waals surface area contributed by atoms with Crippen LogP contribution in [0.15, 0.2) is 28.5 Å². The molecule has 0 aliphatic heterocycles. The van der Waals surface area contributed by atoms with E-state index in [0.29, 0.717) is 6.42 Å². The SMILES string of the molecule is CC(C)=CC(=O)CCc1ccsc1. The van der Waals surface area contributed by atoms with Gasteiger partial charge in [0.15, 0.2) is 5.78 Å². The van der Waals surface area contributed by atoms with Crippen LogP contribution in [0.3, 0.4) is 0 Å². The second kappa shape index (κ2) is 4.97. The highest BCUT2D eigenvalue weighted by Gasteiger charge is 1.99. The second-order valence-electron chi connectivity index (χ2n) is 3.32. The summed E-state index contributed by atoms with van der Waals surface area (Å²) in [5, 5.41) is 4.14. The molecular formula is C11H14OS. The van der Waals surface area contributed by atoms with Gasteiger partial charge in [0.2, 0.25) is 0 Å². The Bertz CT molecular complexity index is 292. The smallest absolute Gasteiger partial charge is 0.155 e. The Labute approximate surface area is 83.1 Å². The van der Waals surface area contributed by atoms with E-state index in [0.717, 1.165) is 12.0 Å². The molecule has 0 aliphatic carbocycles. The zero-order valence-corrected chi connectivity index (χ0v) is 8.86. The van der Waals surface area contributed by atoms with Crippen LogP contribution in [0.25, 0.3) is 0 Å². The summed E-state index contributed by atoms with van der Waals surface area (Å²) in [5.41, 5.74) is 2.34. The van der Waals surface area contributed by atoms with E-state index in [2.05, 4.69) is 11.4 Å². The number of ketones is 1. The maximum absolute atomic E-state index is 11.3. The minimum atomic E-state index is 0.228. The molecule has 1 aromatic rings. The van der Waals surface area contributed by atoms with E-state index >= 15 is 0 Å². The molecule has 0 fully saturated rings. The predicted molar refractivity (Wildman–Crippen MR) is 57.1 cm³/mol. The minimum absolute atomic E-state index is 0.228. The first kappa shape index (κ1) is 10.2. The Hall–Kier alpha value is -0.890. The number of hydrogen-bond acceptors (Lipinski definition) is 2. The largest absolute Gasteiger partial charge is 0.295 e. The highest BCUT2D eigenvalue weighted by Crippen LogP contribution is 2.09. The normalized spacial score (nSPS) is 9.69. The topological polar surface area (TPSA) is 17.1 Å². The number of hydrogen-bond donors (Lipinski definition) is 0. The van der Waals surface area contributed by atoms with E-state index in [9.17, 15) is 4.79 Å². The molecule has 1 rings (SSSR count). The summed E-state index contributed by atoms with van der Waals surface area (Å²) in [6.07, 6.45) is 3.21. The van der Waals surface area contributed by atoms with Gasteiger partial charge in [-0.25, -0.2) is 0 Å². The van der Waals surface area contributed by atoms with Crippen LogP contribution in [0, 0.1) is 0 Å². The van der Waals surface area contributed by atoms with E-state index in [1.54, 1.807) is 17.4 Å². The summed E-state index contributed by atoms with van der Waals surface area (Å²) in [4.78, 5) is 11.3. The number of carbonyl (C=O) groups excluding carboxylic acids is 1. The first-order chi connectivity index (χ1) is 6.18. The van der Waals surface area contributed by atoms with E-state index in [-0.39, 0.29) is 5.78 Å². The molecule has 0 aromatic carbocycles.